The van der Waals surface area contributed by atoms with Crippen LogP contribution in [0.25, 0.3) is 0 Å². The molecule has 0 saturated carbocycles. The Hall–Kier alpha value is -1.75. The maximum Gasteiger partial charge on any atom is 0.503 e. The van der Waals surface area contributed by atoms with E-state index in [-0.39, 0.29) is 12.5 Å². The molecule has 1 rings (SSSR count). The van der Waals surface area contributed by atoms with Gasteiger partial charge >= 0.3 is 11.9 Å². The molecule has 0 spiro atoms. The molecule has 0 fully saturated rings. The van der Waals surface area contributed by atoms with Gasteiger partial charge in [0.2, 0.25) is 0 Å². The molecule has 14 heavy (non-hydrogen) atoms. The molecule has 5 nitrogen and oxygen atoms in total. The van der Waals surface area contributed by atoms with Crippen molar-refractivity contribution in [1.29, 1.82) is 0 Å². The van der Waals surface area contributed by atoms with Gasteiger partial charge in [-0.1, -0.05) is 6.08 Å². The first-order valence-electron chi connectivity index (χ1n) is 4.08. The predicted molar refractivity (Wildman–Crippen MR) is 49.8 cm³/mol. The van der Waals surface area contributed by atoms with E-state index >= 15 is 0 Å². The number of imide groups is 1. The highest BCUT2D eigenvalue weighted by atomic mass is 16.2. The summed E-state index contributed by atoms with van der Waals surface area (Å²) in [6.45, 7) is 1.52. The van der Waals surface area contributed by atoms with Gasteiger partial charge in [-0.3, -0.25) is 0 Å². The summed E-state index contributed by atoms with van der Waals surface area (Å²) in [6, 6.07) is -0.497. The van der Waals surface area contributed by atoms with Gasteiger partial charge in [-0.2, -0.15) is 14.7 Å². The smallest absolute Gasteiger partial charge is 0.392 e. The van der Waals surface area contributed by atoms with Crippen molar-refractivity contribution in [2.45, 2.75) is 6.92 Å². The number of aliphatic hydroxyl groups excluding tert-OH is 1. The molecular formula is C9H11N2O3+. The third-order valence-electron chi connectivity index (χ3n) is 1.63. The summed E-state index contributed by atoms with van der Waals surface area (Å²) < 4.78 is 1.24. The van der Waals surface area contributed by atoms with Crippen LogP contribution < -0.4 is 5.32 Å². The molecule has 0 aromatic heterocycles. The second-order valence-electron chi connectivity index (χ2n) is 2.74. The Morgan fingerprint density at radius 1 is 1.57 bits per heavy atom. The molecular weight excluding hydrogens is 184 g/mol. The summed E-state index contributed by atoms with van der Waals surface area (Å²) in [5, 5.41) is 10.6. The van der Waals surface area contributed by atoms with Crippen LogP contribution in [0.5, 0.6) is 0 Å². The number of rotatable bonds is 2. The molecule has 1 heterocycles. The van der Waals surface area contributed by atoms with Gasteiger partial charge < -0.3 is 5.11 Å². The Morgan fingerprint density at radius 2 is 2.29 bits per heavy atom. The van der Waals surface area contributed by atoms with E-state index in [4.69, 9.17) is 5.11 Å². The topological polar surface area (TPSA) is 69.4 Å². The maximum atomic E-state index is 11.2. The zero-order valence-electron chi connectivity index (χ0n) is 7.73. The van der Waals surface area contributed by atoms with Crippen molar-refractivity contribution in [3.05, 3.63) is 23.9 Å². The van der Waals surface area contributed by atoms with E-state index in [1.165, 1.54) is 29.1 Å². The standard InChI is InChI=1S/C9H10N2O3/c1-7-6-11(4-2-3-5-12)9(14)10-8(7)13/h2-4,6,12H,5H2,1H3/p+1/b3-2+,11-4-. The van der Waals surface area contributed by atoms with Crippen LogP contribution >= 0.6 is 0 Å². The SMILES string of the molecule is CC1=C/[N+](=C/C=C/CO)C(=O)NC1=O. The van der Waals surface area contributed by atoms with Crippen molar-refractivity contribution in [1.82, 2.24) is 5.32 Å². The highest BCUT2D eigenvalue weighted by molar-refractivity contribution is 6.03. The van der Waals surface area contributed by atoms with Gasteiger partial charge in [0.1, 0.15) is 6.20 Å². The largest absolute Gasteiger partial charge is 0.503 e. The average molecular weight is 195 g/mol. The monoisotopic (exact) mass is 195 g/mol. The van der Waals surface area contributed by atoms with Crippen LogP contribution in [-0.2, 0) is 4.79 Å². The van der Waals surface area contributed by atoms with Crippen LogP contribution in [0.2, 0.25) is 0 Å². The lowest BCUT2D eigenvalue weighted by atomic mass is 10.3. The van der Waals surface area contributed by atoms with Crippen LogP contribution in [0.15, 0.2) is 23.9 Å². The summed E-state index contributed by atoms with van der Waals surface area (Å²) in [6.07, 6.45) is 5.90. The van der Waals surface area contributed by atoms with E-state index in [0.29, 0.717) is 5.57 Å². The van der Waals surface area contributed by atoms with Crippen LogP contribution in [0.3, 0.4) is 0 Å². The van der Waals surface area contributed by atoms with Crippen LogP contribution in [0.1, 0.15) is 6.92 Å². The molecule has 0 saturated heterocycles. The zero-order chi connectivity index (χ0) is 10.6. The number of hydrogen-bond donors (Lipinski definition) is 2. The Bertz CT molecular complexity index is 353. The summed E-state index contributed by atoms with van der Waals surface area (Å²) in [5.74, 6) is -0.384. The van der Waals surface area contributed by atoms with Crippen molar-refractivity contribution >= 4 is 18.2 Å². The van der Waals surface area contributed by atoms with Gasteiger partial charge in [0.25, 0.3) is 0 Å². The van der Waals surface area contributed by atoms with E-state index < -0.39 is 6.03 Å². The summed E-state index contributed by atoms with van der Waals surface area (Å²) in [5.41, 5.74) is 0.457. The number of urea groups is 1. The number of nitrogens with zero attached hydrogens (tertiary/aromatic N) is 1. The third-order valence-corrected chi connectivity index (χ3v) is 1.63. The Balaban J connectivity index is 2.89. The van der Waals surface area contributed by atoms with Crippen molar-refractivity contribution in [2.75, 3.05) is 6.61 Å². The molecule has 74 valence electrons. The molecule has 2 N–H and O–H groups in total. The Kier molecular flexibility index (Phi) is 3.30. The zero-order valence-corrected chi connectivity index (χ0v) is 7.73. The highest BCUT2D eigenvalue weighted by Crippen LogP contribution is 1.99. The summed E-state index contributed by atoms with van der Waals surface area (Å²) in [4.78, 5) is 22.1. The minimum absolute atomic E-state index is 0.0897. The van der Waals surface area contributed by atoms with Crippen molar-refractivity contribution in [3.8, 4) is 0 Å². The predicted octanol–water partition coefficient (Wildman–Crippen LogP) is -0.228. The lowest BCUT2D eigenvalue weighted by molar-refractivity contribution is -0.347. The van der Waals surface area contributed by atoms with E-state index in [1.807, 2.05) is 0 Å². The molecule has 0 atom stereocenters. The van der Waals surface area contributed by atoms with Gasteiger partial charge in [0, 0.05) is 0 Å². The number of aliphatic hydroxyl groups is 1. The van der Waals surface area contributed by atoms with Gasteiger partial charge in [0.15, 0.2) is 0 Å². The van der Waals surface area contributed by atoms with Gasteiger partial charge in [-0.25, -0.2) is 4.79 Å². The molecule has 3 amide bonds. The van der Waals surface area contributed by atoms with E-state index in [0.717, 1.165) is 0 Å². The molecule has 0 unspecified atom stereocenters. The number of carbonyl (C=O) groups excluding carboxylic acids is 2. The minimum Gasteiger partial charge on any atom is -0.392 e. The van der Waals surface area contributed by atoms with Crippen LogP contribution in [-0.4, -0.2) is 34.4 Å². The molecule has 0 aliphatic carbocycles. The lowest BCUT2D eigenvalue weighted by Crippen LogP contribution is -2.40. The van der Waals surface area contributed by atoms with E-state index in [9.17, 15) is 9.59 Å². The Morgan fingerprint density at radius 3 is 2.93 bits per heavy atom. The summed E-state index contributed by atoms with van der Waals surface area (Å²) in [7, 11) is 0. The second kappa shape index (κ2) is 4.48. The molecule has 0 aromatic rings. The van der Waals surface area contributed by atoms with Crippen molar-refractivity contribution in [2.24, 2.45) is 0 Å². The molecule has 0 bridgehead atoms. The number of carbonyl (C=O) groups is 2. The second-order valence-corrected chi connectivity index (χ2v) is 2.74. The quantitative estimate of drug-likeness (QED) is 0.598. The van der Waals surface area contributed by atoms with Gasteiger partial charge in [-0.05, 0) is 13.0 Å². The minimum atomic E-state index is -0.497. The number of allylic oxidation sites excluding steroid dienone is 1. The highest BCUT2D eigenvalue weighted by Gasteiger charge is 2.26. The van der Waals surface area contributed by atoms with Crippen LogP contribution in [0.4, 0.5) is 4.79 Å². The molecule has 0 radical (unpaired) electrons. The Labute approximate surface area is 81.0 Å². The van der Waals surface area contributed by atoms with Crippen molar-refractivity contribution < 1.29 is 19.3 Å². The normalized spacial score (nSPS) is 20.1. The van der Waals surface area contributed by atoms with Gasteiger partial charge in [0.05, 0.1) is 18.4 Å². The van der Waals surface area contributed by atoms with Crippen molar-refractivity contribution in [3.63, 3.8) is 0 Å². The first-order valence-corrected chi connectivity index (χ1v) is 4.08. The molecule has 1 aliphatic heterocycles. The molecule has 0 aromatic carbocycles. The number of amides is 3. The first-order chi connectivity index (χ1) is 6.65. The fourth-order valence-electron chi connectivity index (χ4n) is 0.911. The maximum absolute atomic E-state index is 11.2. The third kappa shape index (κ3) is 2.37. The lowest BCUT2D eigenvalue weighted by Gasteiger charge is -2.04. The fourth-order valence-corrected chi connectivity index (χ4v) is 0.911. The number of nitrogens with one attached hydrogen (secondary N) is 1. The van der Waals surface area contributed by atoms with E-state index in [1.54, 1.807) is 6.92 Å². The summed E-state index contributed by atoms with van der Waals surface area (Å²) >= 11 is 0. The average Bonchev–Trinajstić information content (AvgIpc) is 2.14. The molecule has 5 heteroatoms. The first kappa shape index (κ1) is 10.3. The van der Waals surface area contributed by atoms with Gasteiger partial charge in [-0.15, -0.1) is 0 Å². The number of hydrogen-bond acceptors (Lipinski definition) is 3. The van der Waals surface area contributed by atoms with E-state index in [2.05, 4.69) is 5.32 Å². The van der Waals surface area contributed by atoms with Crippen LogP contribution in [0, 0.1) is 0 Å². The molecule has 1 aliphatic rings. The fraction of sp³-hybridized carbons (Fsp3) is 0.222.